The molecule has 0 aliphatic rings. The molecule has 0 saturated heterocycles. The highest BCUT2D eigenvalue weighted by molar-refractivity contribution is 5.83. The first kappa shape index (κ1) is 11.5. The van der Waals surface area contributed by atoms with Crippen LogP contribution in [-0.2, 0) is 4.79 Å². The lowest BCUT2D eigenvalue weighted by atomic mass is 10.3. The van der Waals surface area contributed by atoms with Crippen molar-refractivity contribution in [2.24, 2.45) is 0 Å². The van der Waals surface area contributed by atoms with E-state index in [4.69, 9.17) is 5.26 Å². The Hall–Kier alpha value is -2.94. The first-order chi connectivity index (χ1) is 8.70. The highest BCUT2D eigenvalue weighted by atomic mass is 16.4. The molecule has 0 unspecified atom stereocenters. The van der Waals surface area contributed by atoms with Crippen LogP contribution in [0.2, 0.25) is 0 Å². The Morgan fingerprint density at radius 2 is 2.06 bits per heavy atom. The smallest absolute Gasteiger partial charge is 0.190 e. The molecule has 88 valence electrons. The molecule has 0 amide bonds. The van der Waals surface area contributed by atoms with E-state index in [1.807, 2.05) is 12.1 Å². The summed E-state index contributed by atoms with van der Waals surface area (Å²) in [4.78, 5) is 11.6. The predicted octanol–water partition coefficient (Wildman–Crippen LogP) is -0.0979. The lowest BCUT2D eigenvalue weighted by Crippen LogP contribution is -2.18. The summed E-state index contributed by atoms with van der Waals surface area (Å²) in [6.45, 7) is 0. The summed E-state index contributed by atoms with van der Waals surface area (Å²) in [6, 6.07) is 10.8. The van der Waals surface area contributed by atoms with E-state index in [2.05, 4.69) is 10.2 Å². The van der Waals surface area contributed by atoms with Gasteiger partial charge in [-0.1, -0.05) is 18.2 Å². The van der Waals surface area contributed by atoms with Crippen molar-refractivity contribution in [3.8, 4) is 11.8 Å². The summed E-state index contributed by atoms with van der Waals surface area (Å²) in [6.07, 6.45) is 1.99. The van der Waals surface area contributed by atoms with Crippen molar-refractivity contribution in [3.05, 3.63) is 47.8 Å². The second-order valence-corrected chi connectivity index (χ2v) is 3.32. The van der Waals surface area contributed by atoms with E-state index in [9.17, 15) is 9.90 Å². The number of carboxylic acids is 1. The van der Waals surface area contributed by atoms with Crippen molar-refractivity contribution in [2.45, 2.75) is 0 Å². The molecule has 0 atom stereocenters. The summed E-state index contributed by atoms with van der Waals surface area (Å²) >= 11 is 0. The monoisotopic (exact) mass is 239 g/mol. The molecule has 2 rings (SSSR count). The fourth-order valence-corrected chi connectivity index (χ4v) is 1.33. The van der Waals surface area contributed by atoms with E-state index in [0.29, 0.717) is 5.69 Å². The van der Waals surface area contributed by atoms with Gasteiger partial charge in [-0.15, -0.1) is 15.0 Å². The van der Waals surface area contributed by atoms with Gasteiger partial charge in [0.15, 0.2) is 5.69 Å². The van der Waals surface area contributed by atoms with Gasteiger partial charge in [0.2, 0.25) is 0 Å². The normalized spacial score (nSPS) is 10.4. The molecule has 0 aliphatic heterocycles. The maximum atomic E-state index is 10.3. The number of para-hydroxylation sites is 1. The minimum atomic E-state index is -1.35. The molecule has 6 nitrogen and oxygen atoms in total. The number of hydrogen-bond donors (Lipinski definition) is 0. The second kappa shape index (κ2) is 4.93. The third-order valence-corrected chi connectivity index (χ3v) is 2.11. The molecule has 0 aliphatic carbocycles. The Balaban J connectivity index is 2.42. The van der Waals surface area contributed by atoms with Crippen LogP contribution in [0.15, 0.2) is 36.4 Å². The molecule has 18 heavy (non-hydrogen) atoms. The van der Waals surface area contributed by atoms with E-state index in [1.165, 1.54) is 10.9 Å². The molecule has 1 heterocycles. The molecule has 0 saturated carbocycles. The first-order valence-corrected chi connectivity index (χ1v) is 5.02. The number of carboxylic acid groups (broad SMARTS) is 1. The standard InChI is InChI=1S/C12H8N4O2/c13-8-11-10(6-7-12(17)18)14-16(15-11)9-4-2-1-3-5-9/h1-7H,(H,17,18)/p-1/b7-6-. The van der Waals surface area contributed by atoms with Crippen LogP contribution in [0.5, 0.6) is 0 Å². The number of nitrogens with zero attached hydrogens (tertiary/aromatic N) is 4. The Morgan fingerprint density at radius 1 is 1.33 bits per heavy atom. The number of hydrogen-bond acceptors (Lipinski definition) is 5. The van der Waals surface area contributed by atoms with Crippen molar-refractivity contribution < 1.29 is 9.90 Å². The molecule has 0 spiro atoms. The summed E-state index contributed by atoms with van der Waals surface area (Å²) in [5.41, 5.74) is 0.920. The minimum Gasteiger partial charge on any atom is -0.545 e. The quantitative estimate of drug-likeness (QED) is 0.697. The number of nitriles is 1. The van der Waals surface area contributed by atoms with Gasteiger partial charge in [0.05, 0.1) is 11.7 Å². The summed E-state index contributed by atoms with van der Waals surface area (Å²) in [5.74, 6) is -1.35. The van der Waals surface area contributed by atoms with Crippen LogP contribution < -0.4 is 5.11 Å². The van der Waals surface area contributed by atoms with Crippen LogP contribution in [0, 0.1) is 11.3 Å². The van der Waals surface area contributed by atoms with Gasteiger partial charge in [-0.2, -0.15) is 5.26 Å². The number of carbonyl (C=O) groups excluding carboxylic acids is 1. The van der Waals surface area contributed by atoms with Crippen molar-refractivity contribution in [3.63, 3.8) is 0 Å². The van der Waals surface area contributed by atoms with Crippen molar-refractivity contribution in [1.29, 1.82) is 5.26 Å². The number of benzene rings is 1. The van der Waals surface area contributed by atoms with E-state index in [-0.39, 0.29) is 11.4 Å². The lowest BCUT2D eigenvalue weighted by Gasteiger charge is -1.96. The van der Waals surface area contributed by atoms with Gasteiger partial charge < -0.3 is 9.90 Å². The number of aliphatic carboxylic acids is 1. The summed E-state index contributed by atoms with van der Waals surface area (Å²) in [5, 5.41) is 27.2. The number of rotatable bonds is 3. The largest absolute Gasteiger partial charge is 0.545 e. The zero-order chi connectivity index (χ0) is 13.0. The minimum absolute atomic E-state index is 0.0522. The molecule has 0 bridgehead atoms. The van der Waals surface area contributed by atoms with Crippen LogP contribution in [-0.4, -0.2) is 21.0 Å². The summed E-state index contributed by atoms with van der Waals surface area (Å²) < 4.78 is 0. The molecule has 0 radical (unpaired) electrons. The Bertz CT molecular complexity index is 638. The highest BCUT2D eigenvalue weighted by Crippen LogP contribution is 2.09. The molecule has 1 aromatic carbocycles. The number of aromatic nitrogens is 3. The molecule has 0 N–H and O–H groups in total. The Kier molecular flexibility index (Phi) is 3.16. The maximum Gasteiger partial charge on any atom is 0.190 e. The van der Waals surface area contributed by atoms with Gasteiger partial charge in [-0.05, 0) is 24.3 Å². The van der Waals surface area contributed by atoms with Crippen LogP contribution >= 0.6 is 0 Å². The molecule has 1 aromatic heterocycles. The van der Waals surface area contributed by atoms with Crippen LogP contribution in [0.25, 0.3) is 11.8 Å². The number of carbonyl (C=O) groups is 1. The second-order valence-electron chi connectivity index (χ2n) is 3.32. The van der Waals surface area contributed by atoms with Gasteiger partial charge in [0.1, 0.15) is 11.8 Å². The SMILES string of the molecule is N#Cc1nn(-c2ccccc2)nc1/C=C\C(=O)[O-]. The molecule has 6 heteroatoms. The fraction of sp³-hybridized carbons (Fsp3) is 0. The molecule has 0 fully saturated rings. The van der Waals surface area contributed by atoms with Gasteiger partial charge in [0, 0.05) is 0 Å². The lowest BCUT2D eigenvalue weighted by molar-refractivity contribution is -0.297. The van der Waals surface area contributed by atoms with Crippen molar-refractivity contribution in [1.82, 2.24) is 15.0 Å². The van der Waals surface area contributed by atoms with Crippen LogP contribution in [0.3, 0.4) is 0 Å². The van der Waals surface area contributed by atoms with E-state index in [1.54, 1.807) is 24.3 Å². The zero-order valence-electron chi connectivity index (χ0n) is 9.15. The van der Waals surface area contributed by atoms with Gasteiger partial charge in [-0.3, -0.25) is 0 Å². The van der Waals surface area contributed by atoms with Crippen LogP contribution in [0.4, 0.5) is 0 Å². The van der Waals surface area contributed by atoms with Gasteiger partial charge in [0.25, 0.3) is 0 Å². The van der Waals surface area contributed by atoms with Crippen molar-refractivity contribution in [2.75, 3.05) is 0 Å². The van der Waals surface area contributed by atoms with Crippen LogP contribution in [0.1, 0.15) is 11.4 Å². The molecule has 2 aromatic rings. The van der Waals surface area contributed by atoms with E-state index in [0.717, 1.165) is 6.08 Å². The van der Waals surface area contributed by atoms with Crippen molar-refractivity contribution >= 4 is 12.0 Å². The van der Waals surface area contributed by atoms with E-state index < -0.39 is 5.97 Å². The average Bonchev–Trinajstić information content (AvgIpc) is 2.80. The molecular formula is C12H7N4O2-. The fourth-order valence-electron chi connectivity index (χ4n) is 1.33. The third kappa shape index (κ3) is 2.41. The average molecular weight is 239 g/mol. The van der Waals surface area contributed by atoms with Gasteiger partial charge in [-0.25, -0.2) is 0 Å². The summed E-state index contributed by atoms with van der Waals surface area (Å²) in [7, 11) is 0. The Morgan fingerprint density at radius 3 is 2.67 bits per heavy atom. The maximum absolute atomic E-state index is 10.3. The highest BCUT2D eigenvalue weighted by Gasteiger charge is 2.08. The third-order valence-electron chi connectivity index (χ3n) is 2.11. The molecular weight excluding hydrogens is 232 g/mol. The van der Waals surface area contributed by atoms with Gasteiger partial charge >= 0.3 is 0 Å². The van der Waals surface area contributed by atoms with E-state index >= 15 is 0 Å². The topological polar surface area (TPSA) is 94.6 Å². The first-order valence-electron chi connectivity index (χ1n) is 5.02. The Labute approximate surface area is 102 Å². The zero-order valence-corrected chi connectivity index (χ0v) is 9.15. The predicted molar refractivity (Wildman–Crippen MR) is 60.1 cm³/mol.